The van der Waals surface area contributed by atoms with Crippen LogP contribution in [0.4, 0.5) is 5.69 Å². The molecular weight excluding hydrogens is 436 g/mol. The number of ether oxygens (including phenoxy) is 1. The molecule has 1 fully saturated rings. The first-order valence-corrected chi connectivity index (χ1v) is 11.4. The number of likely N-dealkylation sites (N-methyl/N-ethyl adjacent to an activating group) is 1. The highest BCUT2D eigenvalue weighted by Gasteiger charge is 2.20. The number of nitrogens with one attached hydrogen (secondary N) is 1. The number of benzene rings is 2. The maximum absolute atomic E-state index is 10.4. The smallest absolute Gasteiger partial charge is 0.334 e. The largest absolute Gasteiger partial charge is 0.508 e. The summed E-state index contributed by atoms with van der Waals surface area (Å²) in [7, 11) is 2.14. The summed E-state index contributed by atoms with van der Waals surface area (Å²) in [4.78, 5) is 4.73. The van der Waals surface area contributed by atoms with E-state index in [0.29, 0.717) is 23.4 Å². The van der Waals surface area contributed by atoms with Crippen molar-refractivity contribution in [2.24, 2.45) is 0 Å². The summed E-state index contributed by atoms with van der Waals surface area (Å²) in [5, 5.41) is 38.5. The van der Waals surface area contributed by atoms with Gasteiger partial charge in [0.1, 0.15) is 23.9 Å². The molecule has 0 atom stereocenters. The molecule has 3 aromatic rings. The molecule has 0 radical (unpaired) electrons. The van der Waals surface area contributed by atoms with Gasteiger partial charge in [0.2, 0.25) is 0 Å². The van der Waals surface area contributed by atoms with E-state index in [-0.39, 0.29) is 29.3 Å². The zero-order valence-electron chi connectivity index (χ0n) is 19.8. The Kier molecular flexibility index (Phi) is 7.09. The van der Waals surface area contributed by atoms with Gasteiger partial charge in [0.15, 0.2) is 5.82 Å². The van der Waals surface area contributed by atoms with Crippen molar-refractivity contribution in [2.75, 3.05) is 51.8 Å². The molecule has 0 saturated carbocycles. The van der Waals surface area contributed by atoms with Crippen LogP contribution in [0.2, 0.25) is 0 Å². The minimum atomic E-state index is -0.360. The number of anilines is 1. The highest BCUT2D eigenvalue weighted by molar-refractivity contribution is 5.68. The molecule has 0 unspecified atom stereocenters. The second-order valence-corrected chi connectivity index (χ2v) is 8.87. The Hall–Kier alpha value is -3.50. The summed E-state index contributed by atoms with van der Waals surface area (Å²) in [6, 6.07) is 9.91. The first-order chi connectivity index (χ1) is 16.3. The van der Waals surface area contributed by atoms with Crippen LogP contribution < -0.4 is 10.2 Å². The van der Waals surface area contributed by atoms with Crippen LogP contribution in [0.15, 0.2) is 36.4 Å². The van der Waals surface area contributed by atoms with Gasteiger partial charge in [-0.25, -0.2) is 0 Å². The van der Waals surface area contributed by atoms with Crippen molar-refractivity contribution in [1.82, 2.24) is 24.7 Å². The first-order valence-electron chi connectivity index (χ1n) is 11.4. The van der Waals surface area contributed by atoms with Crippen molar-refractivity contribution in [1.29, 1.82) is 0 Å². The van der Waals surface area contributed by atoms with Crippen LogP contribution >= 0.6 is 0 Å². The van der Waals surface area contributed by atoms with Crippen molar-refractivity contribution in [3.05, 3.63) is 42.0 Å². The molecule has 0 amide bonds. The Labute approximate surface area is 199 Å². The Bertz CT molecular complexity index is 1110. The summed E-state index contributed by atoms with van der Waals surface area (Å²) >= 11 is 0. The molecule has 0 aliphatic carbocycles. The lowest BCUT2D eigenvalue weighted by molar-refractivity contribution is 0.134. The zero-order chi connectivity index (χ0) is 24.2. The van der Waals surface area contributed by atoms with Crippen LogP contribution in [0.3, 0.4) is 0 Å². The lowest BCUT2D eigenvalue weighted by Crippen LogP contribution is -2.45. The summed E-state index contributed by atoms with van der Waals surface area (Å²) < 4.78 is 7.16. The van der Waals surface area contributed by atoms with Crippen molar-refractivity contribution >= 4 is 5.69 Å². The number of nitrogens with zero attached hydrogens (tertiary/aromatic N) is 5. The van der Waals surface area contributed by atoms with Gasteiger partial charge in [-0.15, -0.1) is 5.10 Å². The SMILES string of the molecule is CC(C)c1cc(-c2nnc(O)n2Nc2ccc(OCCN3CCN(C)CC3)cc2)c(O)cc1O. The van der Waals surface area contributed by atoms with Gasteiger partial charge < -0.3 is 25.0 Å². The van der Waals surface area contributed by atoms with Crippen LogP contribution in [0, 0.1) is 0 Å². The maximum atomic E-state index is 10.4. The topological polar surface area (TPSA) is 119 Å². The van der Waals surface area contributed by atoms with E-state index in [1.807, 2.05) is 38.1 Å². The third-order valence-electron chi connectivity index (χ3n) is 6.02. The first kappa shape index (κ1) is 23.7. The molecule has 2 aromatic carbocycles. The van der Waals surface area contributed by atoms with Crippen LogP contribution in [0.5, 0.6) is 23.3 Å². The quantitative estimate of drug-likeness (QED) is 0.396. The second kappa shape index (κ2) is 10.2. The van der Waals surface area contributed by atoms with Crippen molar-refractivity contribution in [3.63, 3.8) is 0 Å². The predicted octanol–water partition coefficient (Wildman–Crippen LogP) is 2.69. The highest BCUT2D eigenvalue weighted by Crippen LogP contribution is 2.37. The summed E-state index contributed by atoms with van der Waals surface area (Å²) in [6.07, 6.45) is 0. The number of piperazine rings is 1. The van der Waals surface area contributed by atoms with Crippen LogP contribution in [0.1, 0.15) is 25.3 Å². The lowest BCUT2D eigenvalue weighted by atomic mass is 9.98. The molecule has 1 aliphatic rings. The number of hydrogen-bond acceptors (Lipinski definition) is 9. The number of aromatic hydroxyl groups is 3. The molecule has 4 rings (SSSR count). The normalized spacial score (nSPS) is 15.1. The number of aromatic nitrogens is 3. The standard InChI is InChI=1S/C24H32N6O4/c1-16(2)19-14-20(22(32)15-21(19)31)23-25-26-24(33)30(23)27-17-4-6-18(7-5-17)34-13-12-29-10-8-28(3)9-11-29/h4-7,14-16,27,31-32H,8-13H2,1-3H3,(H,26,33). The van der Waals surface area contributed by atoms with Gasteiger partial charge in [-0.05, 0) is 48.9 Å². The molecule has 4 N–H and O–H groups in total. The number of phenols is 2. The molecule has 1 saturated heterocycles. The molecule has 2 heterocycles. The van der Waals surface area contributed by atoms with Gasteiger partial charge in [0.25, 0.3) is 0 Å². The molecule has 10 heteroatoms. The molecular formula is C24H32N6O4. The Morgan fingerprint density at radius 2 is 1.68 bits per heavy atom. The van der Waals surface area contributed by atoms with Gasteiger partial charge in [-0.3, -0.25) is 10.3 Å². The molecule has 10 nitrogen and oxygen atoms in total. The number of phenolic OH excluding ortho intramolecular Hbond substituents is 2. The molecule has 1 aliphatic heterocycles. The van der Waals surface area contributed by atoms with Crippen molar-refractivity contribution in [3.8, 4) is 34.6 Å². The minimum Gasteiger partial charge on any atom is -0.508 e. The summed E-state index contributed by atoms with van der Waals surface area (Å²) in [5.41, 5.74) is 4.71. The van der Waals surface area contributed by atoms with Gasteiger partial charge in [0.05, 0.1) is 11.3 Å². The third-order valence-corrected chi connectivity index (χ3v) is 6.02. The lowest BCUT2D eigenvalue weighted by Gasteiger charge is -2.32. The Morgan fingerprint density at radius 1 is 0.971 bits per heavy atom. The second-order valence-electron chi connectivity index (χ2n) is 8.87. The van der Waals surface area contributed by atoms with E-state index in [0.717, 1.165) is 38.5 Å². The zero-order valence-corrected chi connectivity index (χ0v) is 19.8. The fourth-order valence-corrected chi connectivity index (χ4v) is 3.91. The van der Waals surface area contributed by atoms with Crippen LogP contribution in [-0.4, -0.2) is 86.4 Å². The van der Waals surface area contributed by atoms with E-state index in [1.165, 1.54) is 10.7 Å². The summed E-state index contributed by atoms with van der Waals surface area (Å²) in [5.74, 6) is 0.834. The Morgan fingerprint density at radius 3 is 2.35 bits per heavy atom. The van der Waals surface area contributed by atoms with E-state index in [2.05, 4.69) is 32.5 Å². The van der Waals surface area contributed by atoms with Gasteiger partial charge in [-0.1, -0.05) is 18.9 Å². The minimum absolute atomic E-state index is 0.00251. The maximum Gasteiger partial charge on any atom is 0.334 e. The van der Waals surface area contributed by atoms with E-state index >= 15 is 0 Å². The Balaban J connectivity index is 1.43. The summed E-state index contributed by atoms with van der Waals surface area (Å²) in [6.45, 7) is 9.66. The molecule has 0 bridgehead atoms. The van der Waals surface area contributed by atoms with Gasteiger partial charge >= 0.3 is 6.01 Å². The fraction of sp³-hybridized carbons (Fsp3) is 0.417. The van der Waals surface area contributed by atoms with Gasteiger partial charge in [0, 0.05) is 38.8 Å². The van der Waals surface area contributed by atoms with Crippen LogP contribution in [0.25, 0.3) is 11.4 Å². The van der Waals surface area contributed by atoms with E-state index in [9.17, 15) is 15.3 Å². The van der Waals surface area contributed by atoms with E-state index < -0.39 is 0 Å². The highest BCUT2D eigenvalue weighted by atomic mass is 16.5. The fourth-order valence-electron chi connectivity index (χ4n) is 3.91. The van der Waals surface area contributed by atoms with Gasteiger partial charge in [-0.2, -0.15) is 4.68 Å². The van der Waals surface area contributed by atoms with E-state index in [1.54, 1.807) is 6.07 Å². The van der Waals surface area contributed by atoms with Crippen molar-refractivity contribution < 1.29 is 20.1 Å². The average Bonchev–Trinajstić information content (AvgIpc) is 3.16. The molecule has 34 heavy (non-hydrogen) atoms. The average molecular weight is 469 g/mol. The molecule has 182 valence electrons. The molecule has 1 aromatic heterocycles. The predicted molar refractivity (Wildman–Crippen MR) is 129 cm³/mol. The van der Waals surface area contributed by atoms with Crippen molar-refractivity contribution in [2.45, 2.75) is 19.8 Å². The molecule has 0 spiro atoms. The number of rotatable bonds is 8. The van der Waals surface area contributed by atoms with E-state index in [4.69, 9.17) is 4.74 Å². The third kappa shape index (κ3) is 5.35. The number of hydrogen-bond donors (Lipinski definition) is 4. The van der Waals surface area contributed by atoms with Crippen LogP contribution in [-0.2, 0) is 0 Å². The monoisotopic (exact) mass is 468 g/mol.